The van der Waals surface area contributed by atoms with Gasteiger partial charge in [0.15, 0.2) is 0 Å². The lowest BCUT2D eigenvalue weighted by atomic mass is 9.98. The molecule has 1 saturated heterocycles. The molecule has 1 aromatic carbocycles. The quantitative estimate of drug-likeness (QED) is 0.722. The van der Waals surface area contributed by atoms with Crippen molar-refractivity contribution in [1.82, 2.24) is 14.5 Å². The molecule has 27 heavy (non-hydrogen) atoms. The Kier molecular flexibility index (Phi) is 7.10. The van der Waals surface area contributed by atoms with Crippen molar-refractivity contribution in [3.8, 4) is 5.75 Å². The maximum Gasteiger partial charge on any atom is 0.321 e. The summed E-state index contributed by atoms with van der Waals surface area (Å²) in [7, 11) is 0. The van der Waals surface area contributed by atoms with Gasteiger partial charge in [-0.15, -0.1) is 0 Å². The van der Waals surface area contributed by atoms with Crippen molar-refractivity contribution in [3.63, 3.8) is 0 Å². The number of para-hydroxylation sites is 2. The molecular weight excluding hydrogens is 344 g/mol. The summed E-state index contributed by atoms with van der Waals surface area (Å²) in [5.74, 6) is 1.11. The number of ether oxygens (including phenoxy) is 2. The summed E-state index contributed by atoms with van der Waals surface area (Å²) in [6.45, 7) is 6.01. The second-order valence-electron chi connectivity index (χ2n) is 6.69. The maximum absolute atomic E-state index is 12.8. The fourth-order valence-corrected chi connectivity index (χ4v) is 3.34. The number of aromatic nitrogens is 2. The third kappa shape index (κ3) is 5.72. The third-order valence-corrected chi connectivity index (χ3v) is 4.65. The molecule has 1 fully saturated rings. The number of carbonyl (C=O) groups excluding carboxylic acids is 1. The van der Waals surface area contributed by atoms with Gasteiger partial charge in [-0.2, -0.15) is 0 Å². The number of nitrogens with one attached hydrogen (secondary N) is 1. The normalized spacial score (nSPS) is 16.9. The molecule has 7 heteroatoms. The Morgan fingerprint density at radius 3 is 3.04 bits per heavy atom. The molecule has 3 rings (SSSR count). The van der Waals surface area contributed by atoms with E-state index >= 15 is 0 Å². The van der Waals surface area contributed by atoms with Crippen LogP contribution in [-0.2, 0) is 11.3 Å². The number of likely N-dealkylation sites (tertiary alicyclic amines) is 1. The number of benzene rings is 1. The number of amides is 2. The van der Waals surface area contributed by atoms with Crippen molar-refractivity contribution < 1.29 is 14.3 Å². The van der Waals surface area contributed by atoms with Crippen molar-refractivity contribution >= 4 is 11.7 Å². The number of urea groups is 1. The molecule has 1 aromatic heterocycles. The molecule has 146 valence electrons. The van der Waals surface area contributed by atoms with Gasteiger partial charge in [-0.3, -0.25) is 0 Å². The standard InChI is InChI=1S/C20H28N4O3/c1-2-26-12-13-27-19-8-4-3-7-18(19)22-20(25)24-10-5-6-17(15-24)14-23-11-9-21-16-23/h3-4,7-9,11,16-17H,2,5-6,10,12-15H2,1H3,(H,22,25)/t17-/m1/s1. The van der Waals surface area contributed by atoms with Crippen LogP contribution in [0.2, 0.25) is 0 Å². The van der Waals surface area contributed by atoms with Crippen molar-refractivity contribution in [3.05, 3.63) is 43.0 Å². The summed E-state index contributed by atoms with van der Waals surface area (Å²) in [6.07, 6.45) is 7.72. The van der Waals surface area contributed by atoms with Gasteiger partial charge in [0.2, 0.25) is 0 Å². The lowest BCUT2D eigenvalue weighted by molar-refractivity contribution is 0.110. The molecule has 7 nitrogen and oxygen atoms in total. The van der Waals surface area contributed by atoms with Crippen LogP contribution in [0.15, 0.2) is 43.0 Å². The second-order valence-corrected chi connectivity index (χ2v) is 6.69. The first-order valence-corrected chi connectivity index (χ1v) is 9.57. The van der Waals surface area contributed by atoms with E-state index in [0.29, 0.717) is 37.2 Å². The Balaban J connectivity index is 1.55. The number of hydrogen-bond donors (Lipinski definition) is 1. The zero-order chi connectivity index (χ0) is 18.9. The smallest absolute Gasteiger partial charge is 0.321 e. The molecule has 1 aliphatic heterocycles. The molecule has 0 radical (unpaired) electrons. The van der Waals surface area contributed by atoms with Gasteiger partial charge in [0.25, 0.3) is 0 Å². The highest BCUT2D eigenvalue weighted by Gasteiger charge is 2.24. The Bertz CT molecular complexity index is 705. The van der Waals surface area contributed by atoms with E-state index in [1.807, 2.05) is 48.6 Å². The van der Waals surface area contributed by atoms with Gasteiger partial charge in [0.1, 0.15) is 12.4 Å². The van der Waals surface area contributed by atoms with Gasteiger partial charge in [-0.1, -0.05) is 12.1 Å². The van der Waals surface area contributed by atoms with E-state index in [2.05, 4.69) is 14.9 Å². The summed E-state index contributed by atoms with van der Waals surface area (Å²) >= 11 is 0. The first-order chi connectivity index (χ1) is 13.3. The zero-order valence-corrected chi connectivity index (χ0v) is 15.8. The van der Waals surface area contributed by atoms with Crippen LogP contribution in [0, 0.1) is 5.92 Å². The van der Waals surface area contributed by atoms with Crippen molar-refractivity contribution in [1.29, 1.82) is 0 Å². The Labute approximate surface area is 160 Å². The van der Waals surface area contributed by atoms with E-state index in [0.717, 1.165) is 32.5 Å². The van der Waals surface area contributed by atoms with Crippen LogP contribution in [0.1, 0.15) is 19.8 Å². The number of piperidine rings is 1. The van der Waals surface area contributed by atoms with E-state index in [1.165, 1.54) is 0 Å². The van der Waals surface area contributed by atoms with Crippen LogP contribution >= 0.6 is 0 Å². The number of hydrogen-bond acceptors (Lipinski definition) is 4. The molecule has 0 bridgehead atoms. The van der Waals surface area contributed by atoms with Crippen molar-refractivity contribution in [2.45, 2.75) is 26.3 Å². The Morgan fingerprint density at radius 2 is 2.22 bits per heavy atom. The number of rotatable bonds is 8. The molecule has 2 heterocycles. The number of imidazole rings is 1. The molecule has 2 amide bonds. The number of carbonyl (C=O) groups is 1. The summed E-state index contributed by atoms with van der Waals surface area (Å²) in [4.78, 5) is 18.7. The average molecular weight is 372 g/mol. The van der Waals surface area contributed by atoms with Crippen molar-refractivity contribution in [2.75, 3.05) is 38.2 Å². The van der Waals surface area contributed by atoms with Crippen LogP contribution in [0.4, 0.5) is 10.5 Å². The van der Waals surface area contributed by atoms with E-state index in [4.69, 9.17) is 9.47 Å². The van der Waals surface area contributed by atoms with Gasteiger partial charge in [0, 0.05) is 38.6 Å². The van der Waals surface area contributed by atoms with Crippen LogP contribution in [0.25, 0.3) is 0 Å². The highest BCUT2D eigenvalue weighted by molar-refractivity contribution is 5.91. The van der Waals surface area contributed by atoms with Gasteiger partial charge in [-0.25, -0.2) is 9.78 Å². The minimum atomic E-state index is -0.0776. The molecule has 0 spiro atoms. The second kappa shape index (κ2) is 9.97. The van der Waals surface area contributed by atoms with E-state index in [1.54, 1.807) is 6.20 Å². The molecule has 1 aliphatic rings. The van der Waals surface area contributed by atoms with Gasteiger partial charge in [0.05, 0.1) is 18.6 Å². The zero-order valence-electron chi connectivity index (χ0n) is 15.8. The Hall–Kier alpha value is -2.54. The first kappa shape index (κ1) is 19.2. The lowest BCUT2D eigenvalue weighted by Crippen LogP contribution is -2.43. The number of anilines is 1. The first-order valence-electron chi connectivity index (χ1n) is 9.57. The monoisotopic (exact) mass is 372 g/mol. The predicted molar refractivity (Wildman–Crippen MR) is 104 cm³/mol. The van der Waals surface area contributed by atoms with Crippen molar-refractivity contribution in [2.24, 2.45) is 5.92 Å². The predicted octanol–water partition coefficient (Wildman–Crippen LogP) is 3.24. The van der Waals surface area contributed by atoms with E-state index in [-0.39, 0.29) is 6.03 Å². The molecule has 0 unspecified atom stereocenters. The largest absolute Gasteiger partial charge is 0.489 e. The highest BCUT2D eigenvalue weighted by Crippen LogP contribution is 2.25. The van der Waals surface area contributed by atoms with Gasteiger partial charge >= 0.3 is 6.03 Å². The minimum absolute atomic E-state index is 0.0776. The summed E-state index contributed by atoms with van der Waals surface area (Å²) < 4.78 is 13.1. The van der Waals surface area contributed by atoms with E-state index in [9.17, 15) is 4.79 Å². The fourth-order valence-electron chi connectivity index (χ4n) is 3.34. The fraction of sp³-hybridized carbons (Fsp3) is 0.500. The molecular formula is C20H28N4O3. The van der Waals surface area contributed by atoms with Crippen LogP contribution in [0.3, 0.4) is 0 Å². The Morgan fingerprint density at radius 1 is 1.33 bits per heavy atom. The summed E-state index contributed by atoms with van der Waals surface area (Å²) in [5.41, 5.74) is 0.690. The molecule has 0 aliphatic carbocycles. The summed E-state index contributed by atoms with van der Waals surface area (Å²) in [6, 6.07) is 7.43. The average Bonchev–Trinajstić information content (AvgIpc) is 3.19. The highest BCUT2D eigenvalue weighted by atomic mass is 16.5. The summed E-state index contributed by atoms with van der Waals surface area (Å²) in [5, 5.41) is 3.00. The topological polar surface area (TPSA) is 68.6 Å². The molecule has 1 N–H and O–H groups in total. The third-order valence-electron chi connectivity index (χ3n) is 4.65. The van der Waals surface area contributed by atoms with Crippen LogP contribution < -0.4 is 10.1 Å². The molecule has 2 aromatic rings. The molecule has 1 atom stereocenters. The van der Waals surface area contributed by atoms with Crippen LogP contribution in [-0.4, -0.2) is 53.4 Å². The van der Waals surface area contributed by atoms with Gasteiger partial charge < -0.3 is 24.3 Å². The maximum atomic E-state index is 12.8. The van der Waals surface area contributed by atoms with Gasteiger partial charge in [-0.05, 0) is 37.8 Å². The molecule has 0 saturated carbocycles. The SMILES string of the molecule is CCOCCOc1ccccc1NC(=O)N1CCC[C@H](Cn2ccnc2)C1. The minimum Gasteiger partial charge on any atom is -0.489 e. The lowest BCUT2D eigenvalue weighted by Gasteiger charge is -2.33. The van der Waals surface area contributed by atoms with Crippen LogP contribution in [0.5, 0.6) is 5.75 Å². The van der Waals surface area contributed by atoms with E-state index < -0.39 is 0 Å². The number of nitrogens with zero attached hydrogens (tertiary/aromatic N) is 3.